The number of aliphatic hydroxyl groups excluding tert-OH is 1. The minimum atomic E-state index is -3.62. The van der Waals surface area contributed by atoms with Crippen LogP contribution in [0.3, 0.4) is 0 Å². The summed E-state index contributed by atoms with van der Waals surface area (Å²) in [6, 6.07) is 2.63. The van der Waals surface area contributed by atoms with E-state index >= 15 is 0 Å². The van der Waals surface area contributed by atoms with Gasteiger partial charge in [0.05, 0.1) is 0 Å². The maximum atomic E-state index is 11.8. The molecule has 0 saturated carbocycles. The van der Waals surface area contributed by atoms with Crippen LogP contribution in [0.1, 0.15) is 19.6 Å². The molecule has 5 nitrogen and oxygen atoms in total. The number of hydrogen-bond donors (Lipinski definition) is 2. The zero-order valence-electron chi connectivity index (χ0n) is 9.84. The quantitative estimate of drug-likeness (QED) is 0.784. The normalized spacial score (nSPS) is 13.8. The molecule has 2 N–H and O–H groups in total. The SMILES string of the molecule is CCSCC(C)NS(=O)(=O)c1ccc(CO)o1. The number of rotatable bonds is 7. The Balaban J connectivity index is 2.68. The predicted molar refractivity (Wildman–Crippen MR) is 67.4 cm³/mol. The summed E-state index contributed by atoms with van der Waals surface area (Å²) in [6.07, 6.45) is 0. The topological polar surface area (TPSA) is 79.5 Å². The average molecular weight is 279 g/mol. The van der Waals surface area contributed by atoms with Crippen LogP contribution in [0.4, 0.5) is 0 Å². The highest BCUT2D eigenvalue weighted by atomic mass is 32.2. The molecule has 1 unspecified atom stereocenters. The Kier molecular flexibility index (Phi) is 5.51. The van der Waals surface area contributed by atoms with Gasteiger partial charge in [-0.3, -0.25) is 0 Å². The predicted octanol–water partition coefficient (Wildman–Crippen LogP) is 1.19. The first-order valence-electron chi connectivity index (χ1n) is 5.29. The monoisotopic (exact) mass is 279 g/mol. The summed E-state index contributed by atoms with van der Waals surface area (Å²) in [7, 11) is -3.62. The van der Waals surface area contributed by atoms with Crippen molar-refractivity contribution < 1.29 is 17.9 Å². The molecule has 7 heteroatoms. The van der Waals surface area contributed by atoms with Crippen LogP contribution < -0.4 is 4.72 Å². The zero-order chi connectivity index (χ0) is 12.9. The van der Waals surface area contributed by atoms with Crippen LogP contribution >= 0.6 is 11.8 Å². The summed E-state index contributed by atoms with van der Waals surface area (Å²) in [6.45, 7) is 3.51. The smallest absolute Gasteiger partial charge is 0.274 e. The van der Waals surface area contributed by atoms with Crippen molar-refractivity contribution in [2.75, 3.05) is 11.5 Å². The van der Waals surface area contributed by atoms with Gasteiger partial charge in [-0.1, -0.05) is 6.92 Å². The number of hydrogen-bond acceptors (Lipinski definition) is 5. The third-order valence-corrected chi connectivity index (χ3v) is 4.59. The molecule has 0 spiro atoms. The molecule has 0 aliphatic carbocycles. The Morgan fingerprint density at radius 2 is 2.24 bits per heavy atom. The fourth-order valence-corrected chi connectivity index (χ4v) is 3.21. The van der Waals surface area contributed by atoms with Gasteiger partial charge in [-0.15, -0.1) is 0 Å². The van der Waals surface area contributed by atoms with Gasteiger partial charge in [-0.2, -0.15) is 11.8 Å². The zero-order valence-corrected chi connectivity index (χ0v) is 11.5. The van der Waals surface area contributed by atoms with Crippen LogP contribution in [0.15, 0.2) is 21.6 Å². The first-order valence-corrected chi connectivity index (χ1v) is 7.93. The lowest BCUT2D eigenvalue weighted by Gasteiger charge is -2.11. The molecule has 1 atom stereocenters. The third-order valence-electron chi connectivity index (χ3n) is 1.99. The summed E-state index contributed by atoms with van der Waals surface area (Å²) in [4.78, 5) is 0. The second-order valence-electron chi connectivity index (χ2n) is 3.56. The van der Waals surface area contributed by atoms with Gasteiger partial charge in [-0.25, -0.2) is 13.1 Å². The maximum Gasteiger partial charge on any atom is 0.274 e. The number of aliphatic hydroxyl groups is 1. The van der Waals surface area contributed by atoms with Crippen LogP contribution in [0.5, 0.6) is 0 Å². The molecule has 98 valence electrons. The summed E-state index contributed by atoms with van der Waals surface area (Å²) >= 11 is 1.66. The number of thioether (sulfide) groups is 1. The lowest BCUT2D eigenvalue weighted by Crippen LogP contribution is -2.34. The maximum absolute atomic E-state index is 11.8. The summed E-state index contributed by atoms with van der Waals surface area (Å²) in [5, 5.41) is 8.64. The van der Waals surface area contributed by atoms with Crippen molar-refractivity contribution in [2.45, 2.75) is 31.6 Å². The van der Waals surface area contributed by atoms with Gasteiger partial charge in [0.15, 0.2) is 0 Å². The van der Waals surface area contributed by atoms with Crippen molar-refractivity contribution in [3.63, 3.8) is 0 Å². The third kappa shape index (κ3) is 4.34. The van der Waals surface area contributed by atoms with E-state index in [-0.39, 0.29) is 23.5 Å². The van der Waals surface area contributed by atoms with E-state index in [1.165, 1.54) is 12.1 Å². The van der Waals surface area contributed by atoms with Crippen molar-refractivity contribution in [3.8, 4) is 0 Å². The molecule has 0 amide bonds. The Labute approximate surface area is 106 Å². The Morgan fingerprint density at radius 1 is 1.53 bits per heavy atom. The molecule has 1 heterocycles. The van der Waals surface area contributed by atoms with Gasteiger partial charge in [0.1, 0.15) is 12.4 Å². The Hall–Kier alpha value is -0.500. The molecule has 1 aromatic heterocycles. The molecule has 1 aromatic rings. The molecule has 0 radical (unpaired) electrons. The van der Waals surface area contributed by atoms with Crippen LogP contribution in [-0.4, -0.2) is 31.1 Å². The highest BCUT2D eigenvalue weighted by Gasteiger charge is 2.20. The van der Waals surface area contributed by atoms with Crippen LogP contribution in [0.2, 0.25) is 0 Å². The summed E-state index contributed by atoms with van der Waals surface area (Å²) in [5.74, 6) is 1.89. The van der Waals surface area contributed by atoms with Gasteiger partial charge in [0.25, 0.3) is 10.0 Å². The van der Waals surface area contributed by atoms with Gasteiger partial charge in [0, 0.05) is 11.8 Å². The molecule has 1 rings (SSSR count). The van der Waals surface area contributed by atoms with Crippen molar-refractivity contribution in [2.24, 2.45) is 0 Å². The van der Waals surface area contributed by atoms with E-state index in [1.807, 2.05) is 6.92 Å². The van der Waals surface area contributed by atoms with Gasteiger partial charge in [-0.05, 0) is 24.8 Å². The first-order chi connectivity index (χ1) is 7.99. The van der Waals surface area contributed by atoms with Gasteiger partial charge >= 0.3 is 0 Å². The van der Waals surface area contributed by atoms with E-state index < -0.39 is 10.0 Å². The van der Waals surface area contributed by atoms with Gasteiger partial charge in [0.2, 0.25) is 5.09 Å². The van der Waals surface area contributed by atoms with Crippen LogP contribution in [0.25, 0.3) is 0 Å². The standard InChI is InChI=1S/C10H17NO4S2/c1-3-16-7-8(2)11-17(13,14)10-5-4-9(6-12)15-10/h4-5,8,11-12H,3,6-7H2,1-2H3. The van der Waals surface area contributed by atoms with Crippen molar-refractivity contribution in [1.29, 1.82) is 0 Å². The lowest BCUT2D eigenvalue weighted by atomic mass is 10.4. The molecule has 0 fully saturated rings. The van der Waals surface area contributed by atoms with E-state index in [2.05, 4.69) is 4.72 Å². The molecular weight excluding hydrogens is 262 g/mol. The number of furan rings is 1. The molecule has 0 aliphatic rings. The van der Waals surface area contributed by atoms with Crippen molar-refractivity contribution in [3.05, 3.63) is 17.9 Å². The highest BCUT2D eigenvalue weighted by Crippen LogP contribution is 2.14. The van der Waals surface area contributed by atoms with Crippen molar-refractivity contribution in [1.82, 2.24) is 4.72 Å². The minimum absolute atomic E-state index is 0.158. The van der Waals surface area contributed by atoms with E-state index in [4.69, 9.17) is 9.52 Å². The Bertz CT molecular complexity index is 441. The molecule has 0 bridgehead atoms. The second-order valence-corrected chi connectivity index (χ2v) is 6.52. The Morgan fingerprint density at radius 3 is 2.76 bits per heavy atom. The first kappa shape index (κ1) is 14.6. The lowest BCUT2D eigenvalue weighted by molar-refractivity contribution is 0.236. The minimum Gasteiger partial charge on any atom is -0.446 e. The summed E-state index contributed by atoms with van der Waals surface area (Å²) < 4.78 is 31.2. The van der Waals surface area contributed by atoms with Crippen LogP contribution in [0, 0.1) is 0 Å². The van der Waals surface area contributed by atoms with Crippen molar-refractivity contribution >= 4 is 21.8 Å². The van der Waals surface area contributed by atoms with E-state index in [9.17, 15) is 8.42 Å². The largest absolute Gasteiger partial charge is 0.446 e. The molecule has 0 aliphatic heterocycles. The molecule has 0 aromatic carbocycles. The van der Waals surface area contributed by atoms with Crippen LogP contribution in [-0.2, 0) is 16.6 Å². The van der Waals surface area contributed by atoms with E-state index in [0.717, 1.165) is 5.75 Å². The van der Waals surface area contributed by atoms with Gasteiger partial charge < -0.3 is 9.52 Å². The fourth-order valence-electron chi connectivity index (χ4n) is 1.24. The molecular formula is C10H17NO4S2. The molecule has 17 heavy (non-hydrogen) atoms. The van der Waals surface area contributed by atoms with E-state index in [0.29, 0.717) is 5.75 Å². The average Bonchev–Trinajstić information content (AvgIpc) is 2.75. The summed E-state index contributed by atoms with van der Waals surface area (Å²) in [5.41, 5.74) is 0. The fraction of sp³-hybridized carbons (Fsp3) is 0.600. The molecule has 0 saturated heterocycles. The van der Waals surface area contributed by atoms with E-state index in [1.54, 1.807) is 18.7 Å². The second kappa shape index (κ2) is 6.44. The number of sulfonamides is 1. The number of nitrogens with one attached hydrogen (secondary N) is 1. The highest BCUT2D eigenvalue weighted by molar-refractivity contribution is 7.99.